The SMILES string of the molecule is CC(O)c1c(F)cccc1N(CC(F)(F)F)C(C)C. The number of aliphatic hydroxyl groups is 1. The molecule has 0 spiro atoms. The molecule has 0 aliphatic rings. The van der Waals surface area contributed by atoms with Crippen LogP contribution in [0, 0.1) is 5.82 Å². The number of anilines is 1. The summed E-state index contributed by atoms with van der Waals surface area (Å²) in [5.74, 6) is -0.708. The van der Waals surface area contributed by atoms with Crippen LogP contribution in [-0.4, -0.2) is 23.9 Å². The van der Waals surface area contributed by atoms with Gasteiger partial charge in [0.2, 0.25) is 0 Å². The molecule has 0 aliphatic heterocycles. The lowest BCUT2D eigenvalue weighted by atomic mass is 10.1. The number of nitrogens with zero attached hydrogens (tertiary/aromatic N) is 1. The topological polar surface area (TPSA) is 23.5 Å². The fraction of sp³-hybridized carbons (Fsp3) is 0.538. The second-order valence-electron chi connectivity index (χ2n) is 4.69. The van der Waals surface area contributed by atoms with Crippen LogP contribution in [0.1, 0.15) is 32.4 Å². The third kappa shape index (κ3) is 4.09. The van der Waals surface area contributed by atoms with Gasteiger partial charge >= 0.3 is 6.18 Å². The first-order valence-corrected chi connectivity index (χ1v) is 5.93. The molecule has 1 unspecified atom stereocenters. The number of benzene rings is 1. The van der Waals surface area contributed by atoms with E-state index in [4.69, 9.17) is 0 Å². The van der Waals surface area contributed by atoms with E-state index >= 15 is 0 Å². The van der Waals surface area contributed by atoms with E-state index in [0.29, 0.717) is 0 Å². The molecule has 0 saturated carbocycles. The van der Waals surface area contributed by atoms with Gasteiger partial charge in [0.1, 0.15) is 12.4 Å². The molecule has 1 atom stereocenters. The molecule has 0 heterocycles. The van der Waals surface area contributed by atoms with E-state index in [0.717, 1.165) is 11.0 Å². The van der Waals surface area contributed by atoms with Gasteiger partial charge in [0, 0.05) is 17.3 Å². The Balaban J connectivity index is 3.27. The van der Waals surface area contributed by atoms with Crippen molar-refractivity contribution in [3.8, 4) is 0 Å². The molecule has 0 aliphatic carbocycles. The summed E-state index contributed by atoms with van der Waals surface area (Å²) in [6, 6.07) is 3.37. The fourth-order valence-electron chi connectivity index (χ4n) is 1.93. The van der Waals surface area contributed by atoms with E-state index in [2.05, 4.69) is 0 Å². The predicted molar refractivity (Wildman–Crippen MR) is 65.6 cm³/mol. The molecule has 0 radical (unpaired) electrons. The zero-order chi connectivity index (χ0) is 14.8. The minimum Gasteiger partial charge on any atom is -0.389 e. The quantitative estimate of drug-likeness (QED) is 0.850. The summed E-state index contributed by atoms with van der Waals surface area (Å²) in [7, 11) is 0. The molecule has 2 nitrogen and oxygen atoms in total. The van der Waals surface area contributed by atoms with Gasteiger partial charge in [0.25, 0.3) is 0 Å². The van der Waals surface area contributed by atoms with Gasteiger partial charge in [0.05, 0.1) is 6.10 Å². The summed E-state index contributed by atoms with van der Waals surface area (Å²) in [5, 5.41) is 9.57. The molecule has 0 saturated heterocycles. The number of alkyl halides is 3. The van der Waals surface area contributed by atoms with Crippen molar-refractivity contribution in [1.29, 1.82) is 0 Å². The molecule has 1 aromatic carbocycles. The highest BCUT2D eigenvalue weighted by atomic mass is 19.4. The average Bonchev–Trinajstić information content (AvgIpc) is 2.23. The van der Waals surface area contributed by atoms with E-state index in [1.807, 2.05) is 0 Å². The lowest BCUT2D eigenvalue weighted by Gasteiger charge is -2.32. The van der Waals surface area contributed by atoms with Crippen LogP contribution in [0.2, 0.25) is 0 Å². The van der Waals surface area contributed by atoms with Crippen molar-refractivity contribution in [3.05, 3.63) is 29.6 Å². The number of aliphatic hydroxyl groups excluding tert-OH is 1. The molecule has 19 heavy (non-hydrogen) atoms. The molecule has 1 rings (SSSR count). The third-order valence-corrected chi connectivity index (χ3v) is 2.73. The second-order valence-corrected chi connectivity index (χ2v) is 4.69. The van der Waals surface area contributed by atoms with Crippen molar-refractivity contribution in [1.82, 2.24) is 0 Å². The van der Waals surface area contributed by atoms with E-state index in [1.165, 1.54) is 19.1 Å². The largest absolute Gasteiger partial charge is 0.405 e. The average molecular weight is 279 g/mol. The van der Waals surface area contributed by atoms with Gasteiger partial charge in [-0.1, -0.05) is 6.07 Å². The van der Waals surface area contributed by atoms with E-state index in [-0.39, 0.29) is 11.3 Å². The van der Waals surface area contributed by atoms with Gasteiger partial charge in [-0.2, -0.15) is 13.2 Å². The Hall–Kier alpha value is -1.30. The molecule has 108 valence electrons. The Labute approximate surface area is 109 Å². The summed E-state index contributed by atoms with van der Waals surface area (Å²) in [5.41, 5.74) is -0.0391. The molecule has 1 N–H and O–H groups in total. The van der Waals surface area contributed by atoms with Gasteiger partial charge in [-0.25, -0.2) is 4.39 Å². The monoisotopic (exact) mass is 279 g/mol. The first kappa shape index (κ1) is 15.8. The van der Waals surface area contributed by atoms with Crippen molar-refractivity contribution >= 4 is 5.69 Å². The van der Waals surface area contributed by atoms with Crippen LogP contribution in [0.15, 0.2) is 18.2 Å². The van der Waals surface area contributed by atoms with Crippen molar-refractivity contribution in [2.24, 2.45) is 0 Å². The first-order chi connectivity index (χ1) is 8.63. The van der Waals surface area contributed by atoms with Gasteiger partial charge in [-0.15, -0.1) is 0 Å². The highest BCUT2D eigenvalue weighted by Gasteiger charge is 2.33. The molecular weight excluding hydrogens is 262 g/mol. The molecule has 1 aromatic rings. The minimum absolute atomic E-state index is 0.0716. The molecular formula is C13H17F4NO. The molecule has 0 aromatic heterocycles. The summed E-state index contributed by atoms with van der Waals surface area (Å²) < 4.78 is 51.5. The van der Waals surface area contributed by atoms with Gasteiger partial charge in [-0.3, -0.25) is 0 Å². The van der Waals surface area contributed by atoms with E-state index in [1.54, 1.807) is 13.8 Å². The van der Waals surface area contributed by atoms with Crippen LogP contribution in [0.25, 0.3) is 0 Å². The summed E-state index contributed by atoms with van der Waals surface area (Å²) in [6.45, 7) is 3.31. The zero-order valence-electron chi connectivity index (χ0n) is 11.0. The number of hydrogen-bond donors (Lipinski definition) is 1. The molecule has 0 fully saturated rings. The van der Waals surface area contributed by atoms with E-state index < -0.39 is 30.7 Å². The van der Waals surface area contributed by atoms with E-state index in [9.17, 15) is 22.7 Å². The van der Waals surface area contributed by atoms with Crippen LogP contribution in [0.3, 0.4) is 0 Å². The van der Waals surface area contributed by atoms with Gasteiger partial charge in [-0.05, 0) is 32.9 Å². The Morgan fingerprint density at radius 1 is 1.21 bits per heavy atom. The zero-order valence-corrected chi connectivity index (χ0v) is 11.0. The number of rotatable bonds is 4. The van der Waals surface area contributed by atoms with Crippen LogP contribution < -0.4 is 4.90 Å². The molecule has 0 amide bonds. The van der Waals surface area contributed by atoms with Crippen LogP contribution in [0.4, 0.5) is 23.2 Å². The van der Waals surface area contributed by atoms with Gasteiger partial charge < -0.3 is 10.0 Å². The van der Waals surface area contributed by atoms with Crippen molar-refractivity contribution in [2.75, 3.05) is 11.4 Å². The normalized spacial score (nSPS) is 13.7. The summed E-state index contributed by atoms with van der Waals surface area (Å²) >= 11 is 0. The molecule has 6 heteroatoms. The Bertz CT molecular complexity index is 429. The lowest BCUT2D eigenvalue weighted by molar-refractivity contribution is -0.120. The Morgan fingerprint density at radius 3 is 2.21 bits per heavy atom. The van der Waals surface area contributed by atoms with Crippen LogP contribution in [0.5, 0.6) is 0 Å². The Morgan fingerprint density at radius 2 is 1.79 bits per heavy atom. The van der Waals surface area contributed by atoms with Crippen molar-refractivity contribution < 1.29 is 22.7 Å². The van der Waals surface area contributed by atoms with Crippen LogP contribution in [-0.2, 0) is 0 Å². The highest BCUT2D eigenvalue weighted by molar-refractivity contribution is 5.56. The van der Waals surface area contributed by atoms with Crippen molar-refractivity contribution in [2.45, 2.75) is 39.1 Å². The first-order valence-electron chi connectivity index (χ1n) is 5.93. The smallest absolute Gasteiger partial charge is 0.389 e. The number of hydrogen-bond acceptors (Lipinski definition) is 2. The maximum atomic E-state index is 13.7. The standard InChI is InChI=1S/C13H17F4NO/c1-8(2)18(7-13(15,16)17)11-6-4-5-10(14)12(11)9(3)19/h4-6,8-9,19H,7H2,1-3H3. The highest BCUT2D eigenvalue weighted by Crippen LogP contribution is 2.32. The number of halogens is 4. The third-order valence-electron chi connectivity index (χ3n) is 2.73. The van der Waals surface area contributed by atoms with Crippen molar-refractivity contribution in [3.63, 3.8) is 0 Å². The fourth-order valence-corrected chi connectivity index (χ4v) is 1.93. The summed E-state index contributed by atoms with van der Waals surface area (Å²) in [4.78, 5) is 1.03. The minimum atomic E-state index is -4.40. The van der Waals surface area contributed by atoms with Crippen LogP contribution >= 0.6 is 0 Å². The maximum Gasteiger partial charge on any atom is 0.405 e. The molecule has 0 bridgehead atoms. The second kappa shape index (κ2) is 5.77. The summed E-state index contributed by atoms with van der Waals surface area (Å²) in [6.07, 6.45) is -5.57. The maximum absolute atomic E-state index is 13.7. The van der Waals surface area contributed by atoms with Gasteiger partial charge in [0.15, 0.2) is 0 Å². The Kier molecular flexibility index (Phi) is 4.79. The lowest BCUT2D eigenvalue weighted by Crippen LogP contribution is -2.40. The predicted octanol–water partition coefficient (Wildman–Crippen LogP) is 3.66.